The van der Waals surface area contributed by atoms with Gasteiger partial charge in [0, 0.05) is 36.2 Å². The fraction of sp³-hybridized carbons (Fsp3) is 0.278. The van der Waals surface area contributed by atoms with Gasteiger partial charge in [0.25, 0.3) is 15.7 Å². The molecular weight excluding hydrogens is 652 g/mol. The number of carbonyl (C=O) groups is 2. The van der Waals surface area contributed by atoms with Crippen LogP contribution in [0.3, 0.4) is 0 Å². The molecule has 1 atom stereocenters. The predicted molar refractivity (Wildman–Crippen MR) is 185 cm³/mol. The van der Waals surface area contributed by atoms with Gasteiger partial charge in [0.05, 0.1) is 15.5 Å². The summed E-state index contributed by atoms with van der Waals surface area (Å²) >= 11 is 6.32. The lowest BCUT2D eigenvalue weighted by Gasteiger charge is -2.35. The molecule has 1 saturated carbocycles. The number of amides is 2. The Kier molecular flexibility index (Phi) is 11.5. The number of carbonyl (C=O) groups excluding carboxylic acids is 2. The third kappa shape index (κ3) is 8.78. The number of nitrogens with one attached hydrogen (secondary N) is 1. The molecule has 48 heavy (non-hydrogen) atoms. The van der Waals surface area contributed by atoms with E-state index in [4.69, 9.17) is 11.6 Å². The number of halogens is 1. The molecule has 1 aliphatic rings. The van der Waals surface area contributed by atoms with Crippen molar-refractivity contribution in [2.24, 2.45) is 0 Å². The maximum Gasteiger partial charge on any atom is 0.271 e. The van der Waals surface area contributed by atoms with E-state index in [1.165, 1.54) is 35.2 Å². The summed E-state index contributed by atoms with van der Waals surface area (Å²) in [5.74, 6) is -1.00. The molecule has 0 aromatic heterocycles. The van der Waals surface area contributed by atoms with E-state index >= 15 is 0 Å². The van der Waals surface area contributed by atoms with E-state index in [-0.39, 0.29) is 41.2 Å². The van der Waals surface area contributed by atoms with Crippen molar-refractivity contribution in [2.75, 3.05) is 10.8 Å². The second kappa shape index (κ2) is 15.9. The number of benzene rings is 4. The fourth-order valence-corrected chi connectivity index (χ4v) is 7.58. The topological polar surface area (TPSA) is 130 Å². The Morgan fingerprint density at radius 1 is 0.854 bits per heavy atom. The monoisotopic (exact) mass is 688 g/mol. The minimum Gasteiger partial charge on any atom is -0.352 e. The molecule has 4 aromatic rings. The zero-order valence-electron chi connectivity index (χ0n) is 26.3. The number of non-ortho nitro benzene ring substituents is 1. The van der Waals surface area contributed by atoms with Gasteiger partial charge in [-0.3, -0.25) is 24.0 Å². The van der Waals surface area contributed by atoms with E-state index < -0.39 is 33.4 Å². The van der Waals surface area contributed by atoms with E-state index in [0.29, 0.717) is 10.6 Å². The van der Waals surface area contributed by atoms with E-state index in [9.17, 15) is 28.1 Å². The van der Waals surface area contributed by atoms with Crippen LogP contribution in [0, 0.1) is 10.1 Å². The summed E-state index contributed by atoms with van der Waals surface area (Å²) in [6.07, 6.45) is 4.93. The van der Waals surface area contributed by atoms with Gasteiger partial charge in [-0.1, -0.05) is 97.6 Å². The molecule has 0 radical (unpaired) electrons. The molecule has 250 valence electrons. The van der Waals surface area contributed by atoms with Gasteiger partial charge >= 0.3 is 0 Å². The minimum absolute atomic E-state index is 0.0348. The van der Waals surface area contributed by atoms with Crippen LogP contribution in [-0.2, 0) is 32.6 Å². The van der Waals surface area contributed by atoms with Gasteiger partial charge in [-0.15, -0.1) is 0 Å². The van der Waals surface area contributed by atoms with Gasteiger partial charge < -0.3 is 10.2 Å². The van der Waals surface area contributed by atoms with Gasteiger partial charge in [-0.05, 0) is 54.3 Å². The lowest BCUT2D eigenvalue weighted by molar-refractivity contribution is -0.384. The number of anilines is 1. The first kappa shape index (κ1) is 34.6. The molecule has 1 N–H and O–H groups in total. The van der Waals surface area contributed by atoms with Crippen LogP contribution in [0.1, 0.15) is 43.2 Å². The first-order chi connectivity index (χ1) is 23.1. The molecular formula is C36H37ClN4O6S. The Balaban J connectivity index is 1.58. The maximum absolute atomic E-state index is 14.6. The third-order valence-corrected chi connectivity index (χ3v) is 10.4. The van der Waals surface area contributed by atoms with Gasteiger partial charge in [-0.25, -0.2) is 8.42 Å². The van der Waals surface area contributed by atoms with Crippen molar-refractivity contribution in [3.8, 4) is 0 Å². The Hall–Kier alpha value is -4.74. The summed E-state index contributed by atoms with van der Waals surface area (Å²) < 4.78 is 29.1. The number of nitro groups is 1. The van der Waals surface area contributed by atoms with Crippen LogP contribution in [0.15, 0.2) is 114 Å². The number of sulfonamides is 1. The van der Waals surface area contributed by atoms with Crippen LogP contribution in [0.2, 0.25) is 5.02 Å². The summed E-state index contributed by atoms with van der Waals surface area (Å²) in [6, 6.07) is 27.9. The molecule has 0 spiro atoms. The van der Waals surface area contributed by atoms with Crippen LogP contribution in [0.5, 0.6) is 0 Å². The number of hydrogen-bond donors (Lipinski definition) is 1. The highest BCUT2D eigenvalue weighted by atomic mass is 35.5. The van der Waals surface area contributed by atoms with Crippen molar-refractivity contribution in [3.05, 3.63) is 135 Å². The minimum atomic E-state index is -4.39. The molecule has 0 aliphatic heterocycles. The average Bonchev–Trinajstić information content (AvgIpc) is 3.10. The second-order valence-corrected chi connectivity index (χ2v) is 14.1. The van der Waals surface area contributed by atoms with Gasteiger partial charge in [0.1, 0.15) is 12.6 Å². The van der Waals surface area contributed by atoms with Crippen molar-refractivity contribution < 1.29 is 22.9 Å². The lowest BCUT2D eigenvalue weighted by Crippen LogP contribution is -2.55. The SMILES string of the molecule is O=C(NC1CCCCC1)[C@H](Cc1ccccc1)N(Cc1cccc(Cl)c1)C(=O)CN(c1cccc([N+](=O)[O-])c1)S(=O)(=O)c1ccccc1. The molecule has 1 aliphatic carbocycles. The zero-order chi connectivity index (χ0) is 34.1. The van der Waals surface area contributed by atoms with Crippen LogP contribution < -0.4 is 9.62 Å². The molecule has 2 amide bonds. The fourth-order valence-electron chi connectivity index (χ4n) is 5.94. The van der Waals surface area contributed by atoms with Gasteiger partial charge in [0.15, 0.2) is 0 Å². The van der Waals surface area contributed by atoms with Crippen molar-refractivity contribution in [2.45, 2.75) is 62.0 Å². The molecule has 0 bridgehead atoms. The first-order valence-electron chi connectivity index (χ1n) is 15.8. The van der Waals surface area contributed by atoms with E-state index in [0.717, 1.165) is 48.0 Å². The van der Waals surface area contributed by atoms with Crippen LogP contribution in [0.4, 0.5) is 11.4 Å². The van der Waals surface area contributed by atoms with Crippen LogP contribution >= 0.6 is 11.6 Å². The standard InChI is InChI=1S/C36H37ClN4O6S/c37-29-15-10-14-28(22-29)25-39(34(23-27-12-4-1-5-13-27)36(43)38-30-16-6-2-7-17-30)35(42)26-40(31-18-11-19-32(24-31)41(44)45)48(46,47)33-20-8-3-9-21-33/h1,3-5,8-15,18-22,24,30,34H,2,6-7,16-17,23,25-26H2,(H,38,43)/t34-/m0/s1. The number of hydrogen-bond acceptors (Lipinski definition) is 6. The van der Waals surface area contributed by atoms with Crippen molar-refractivity contribution in [1.29, 1.82) is 0 Å². The lowest BCUT2D eigenvalue weighted by atomic mass is 9.94. The number of rotatable bonds is 13. The van der Waals surface area contributed by atoms with Crippen LogP contribution in [-0.4, -0.2) is 48.7 Å². The van der Waals surface area contributed by atoms with E-state index in [2.05, 4.69) is 5.32 Å². The van der Waals surface area contributed by atoms with Crippen molar-refractivity contribution in [1.82, 2.24) is 10.2 Å². The molecule has 1 fully saturated rings. The highest BCUT2D eigenvalue weighted by molar-refractivity contribution is 7.92. The summed E-state index contributed by atoms with van der Waals surface area (Å²) in [7, 11) is -4.39. The first-order valence-corrected chi connectivity index (χ1v) is 17.6. The molecule has 5 rings (SSSR count). The Bertz CT molecular complexity index is 1840. The quantitative estimate of drug-likeness (QED) is 0.126. The molecule has 12 heteroatoms. The highest BCUT2D eigenvalue weighted by Crippen LogP contribution is 2.28. The number of nitro benzene ring substituents is 1. The van der Waals surface area contributed by atoms with E-state index in [1.54, 1.807) is 42.5 Å². The molecule has 0 heterocycles. The predicted octanol–water partition coefficient (Wildman–Crippen LogP) is 6.53. The molecule has 4 aromatic carbocycles. The third-order valence-electron chi connectivity index (χ3n) is 8.40. The van der Waals surface area contributed by atoms with Gasteiger partial charge in [0.2, 0.25) is 11.8 Å². The largest absolute Gasteiger partial charge is 0.352 e. The molecule has 10 nitrogen and oxygen atoms in total. The van der Waals surface area contributed by atoms with Crippen molar-refractivity contribution >= 4 is 44.8 Å². The normalized spacial score (nSPS) is 14.1. The van der Waals surface area contributed by atoms with E-state index in [1.807, 2.05) is 30.3 Å². The number of nitrogens with zero attached hydrogens (tertiary/aromatic N) is 3. The summed E-state index contributed by atoms with van der Waals surface area (Å²) in [4.78, 5) is 41.1. The Morgan fingerprint density at radius 2 is 1.50 bits per heavy atom. The smallest absolute Gasteiger partial charge is 0.271 e. The molecule has 0 unspecified atom stereocenters. The van der Waals surface area contributed by atoms with Crippen LogP contribution in [0.25, 0.3) is 0 Å². The maximum atomic E-state index is 14.6. The summed E-state index contributed by atoms with van der Waals surface area (Å²) in [6.45, 7) is -0.760. The average molecular weight is 689 g/mol. The van der Waals surface area contributed by atoms with Crippen molar-refractivity contribution in [3.63, 3.8) is 0 Å². The van der Waals surface area contributed by atoms with Gasteiger partial charge in [-0.2, -0.15) is 0 Å². The second-order valence-electron chi connectivity index (χ2n) is 11.8. The zero-order valence-corrected chi connectivity index (χ0v) is 27.9. The molecule has 0 saturated heterocycles. The highest BCUT2D eigenvalue weighted by Gasteiger charge is 2.35. The summed E-state index contributed by atoms with van der Waals surface area (Å²) in [5.41, 5.74) is 1.07. The Labute approximate surface area is 285 Å². The Morgan fingerprint density at radius 3 is 2.17 bits per heavy atom. The summed E-state index contributed by atoms with van der Waals surface area (Å²) in [5, 5.41) is 15.3.